The number of benzene rings is 1. The molecule has 13 heteroatoms. The van der Waals surface area contributed by atoms with Gasteiger partial charge in [0, 0.05) is 19.5 Å². The summed E-state index contributed by atoms with van der Waals surface area (Å²) in [5, 5.41) is 27.6. The zero-order valence-corrected chi connectivity index (χ0v) is 21.3. The number of phenolic OH excluding ortho intramolecular Hbond substituents is 1. The molecule has 4 atom stereocenters. The molecule has 0 radical (unpaired) electrons. The quantitative estimate of drug-likeness (QED) is 0.0977. The van der Waals surface area contributed by atoms with Crippen molar-refractivity contribution in [1.29, 1.82) is 0 Å². The molecular formula is C25H37N7O6. The van der Waals surface area contributed by atoms with Crippen LogP contribution in [0, 0.1) is 0 Å². The van der Waals surface area contributed by atoms with Crippen LogP contribution < -0.4 is 27.4 Å². The number of guanidine groups is 1. The average Bonchev–Trinajstić information content (AvgIpc) is 3.58. The van der Waals surface area contributed by atoms with Crippen LogP contribution in [0.3, 0.4) is 0 Å². The molecular weight excluding hydrogens is 494 g/mol. The van der Waals surface area contributed by atoms with Crippen LogP contribution >= 0.6 is 0 Å². The predicted octanol–water partition coefficient (Wildman–Crippen LogP) is -1.21. The largest absolute Gasteiger partial charge is 0.508 e. The number of hydrogen-bond donors (Lipinski definition) is 7. The molecule has 9 N–H and O–H groups in total. The van der Waals surface area contributed by atoms with E-state index in [2.05, 4.69) is 20.9 Å². The first-order chi connectivity index (χ1) is 18.2. The first-order valence-electron chi connectivity index (χ1n) is 12.9. The van der Waals surface area contributed by atoms with Gasteiger partial charge in [0.25, 0.3) is 0 Å². The lowest BCUT2D eigenvalue weighted by molar-refractivity contribution is -0.143. The second kappa shape index (κ2) is 13.6. The monoisotopic (exact) mass is 531 g/mol. The van der Waals surface area contributed by atoms with E-state index in [1.54, 1.807) is 17.0 Å². The van der Waals surface area contributed by atoms with Gasteiger partial charge in [0.1, 0.15) is 23.9 Å². The highest BCUT2D eigenvalue weighted by Gasteiger charge is 2.39. The number of rotatable bonds is 12. The van der Waals surface area contributed by atoms with Crippen LogP contribution in [0.2, 0.25) is 0 Å². The predicted molar refractivity (Wildman–Crippen MR) is 139 cm³/mol. The fraction of sp³-hybridized carbons (Fsp3) is 0.560. The average molecular weight is 532 g/mol. The van der Waals surface area contributed by atoms with E-state index in [9.17, 15) is 29.4 Å². The number of likely N-dealkylation sites (tertiary alicyclic amines) is 1. The zero-order valence-electron chi connectivity index (χ0n) is 21.3. The van der Waals surface area contributed by atoms with Crippen LogP contribution in [0.5, 0.6) is 5.75 Å². The summed E-state index contributed by atoms with van der Waals surface area (Å²) in [5.41, 5.74) is 11.2. The second-order valence-corrected chi connectivity index (χ2v) is 9.62. The highest BCUT2D eigenvalue weighted by Crippen LogP contribution is 2.21. The molecule has 208 valence electrons. The Bertz CT molecular complexity index is 1020. The van der Waals surface area contributed by atoms with Gasteiger partial charge in [0.2, 0.25) is 17.7 Å². The number of carboxylic acid groups (broad SMARTS) is 1. The molecule has 3 rings (SSSR count). The normalized spacial score (nSPS) is 20.4. The number of carboxylic acids is 1. The van der Waals surface area contributed by atoms with Crippen LogP contribution in [-0.2, 0) is 25.6 Å². The minimum absolute atomic E-state index is 0.0473. The lowest BCUT2D eigenvalue weighted by Gasteiger charge is -2.28. The second-order valence-electron chi connectivity index (χ2n) is 9.62. The molecule has 1 aromatic carbocycles. The van der Waals surface area contributed by atoms with Gasteiger partial charge < -0.3 is 42.5 Å². The van der Waals surface area contributed by atoms with Gasteiger partial charge in [-0.2, -0.15) is 0 Å². The zero-order chi connectivity index (χ0) is 27.7. The summed E-state index contributed by atoms with van der Waals surface area (Å²) in [4.78, 5) is 56.7. The van der Waals surface area contributed by atoms with E-state index in [0.29, 0.717) is 31.4 Å². The molecule has 0 aromatic heterocycles. The maximum atomic E-state index is 13.3. The van der Waals surface area contributed by atoms with E-state index >= 15 is 0 Å². The van der Waals surface area contributed by atoms with E-state index in [1.165, 1.54) is 12.1 Å². The van der Waals surface area contributed by atoms with Gasteiger partial charge in [-0.05, 0) is 62.8 Å². The summed E-state index contributed by atoms with van der Waals surface area (Å²) in [5.74, 6) is -2.55. The van der Waals surface area contributed by atoms with Gasteiger partial charge in [-0.25, -0.2) is 4.79 Å². The number of carbonyl (C=O) groups excluding carboxylic acids is 3. The molecule has 0 bridgehead atoms. The summed E-state index contributed by atoms with van der Waals surface area (Å²) in [6, 6.07) is 2.81. The summed E-state index contributed by atoms with van der Waals surface area (Å²) >= 11 is 0. The lowest BCUT2D eigenvalue weighted by atomic mass is 10.0. The minimum atomic E-state index is -1.23. The molecule has 2 aliphatic heterocycles. The number of aliphatic imine (C=N–C) groups is 1. The maximum absolute atomic E-state index is 13.3. The number of aliphatic carboxylic acids is 1. The van der Waals surface area contributed by atoms with Crippen molar-refractivity contribution in [3.05, 3.63) is 29.8 Å². The molecule has 3 amide bonds. The van der Waals surface area contributed by atoms with Crippen molar-refractivity contribution in [3.8, 4) is 5.75 Å². The molecule has 38 heavy (non-hydrogen) atoms. The molecule has 2 heterocycles. The van der Waals surface area contributed by atoms with Crippen molar-refractivity contribution in [3.63, 3.8) is 0 Å². The third-order valence-corrected chi connectivity index (χ3v) is 6.77. The van der Waals surface area contributed by atoms with E-state index in [-0.39, 0.29) is 43.0 Å². The molecule has 13 nitrogen and oxygen atoms in total. The van der Waals surface area contributed by atoms with Gasteiger partial charge >= 0.3 is 5.97 Å². The minimum Gasteiger partial charge on any atom is -0.508 e. The Morgan fingerprint density at radius 2 is 1.82 bits per heavy atom. The fourth-order valence-electron chi connectivity index (χ4n) is 4.78. The SMILES string of the molecule is NC(N)=NCCCC(NC(=O)C(Cc1ccc(O)cc1)NC(=O)C1CCCN1C(=O)C1CCCN1)C(=O)O. The summed E-state index contributed by atoms with van der Waals surface area (Å²) in [7, 11) is 0. The number of aromatic hydroxyl groups is 1. The van der Waals surface area contributed by atoms with Crippen LogP contribution in [0.15, 0.2) is 29.3 Å². The Kier molecular flexibility index (Phi) is 10.3. The highest BCUT2D eigenvalue weighted by atomic mass is 16.4. The third kappa shape index (κ3) is 8.07. The van der Waals surface area contributed by atoms with Gasteiger partial charge in [-0.15, -0.1) is 0 Å². The van der Waals surface area contributed by atoms with Gasteiger partial charge in [0.15, 0.2) is 5.96 Å². The standard InChI is InChI=1S/C25H37N7O6/c26-25(27)29-12-2-5-18(24(37)38)30-21(34)19(14-15-7-9-16(33)10-8-15)31-22(35)20-6-3-13-32(20)23(36)17-4-1-11-28-17/h7-10,17-20,28,33H,1-6,11-14H2,(H,30,34)(H,31,35)(H,37,38)(H4,26,27,29). The molecule has 4 unspecified atom stereocenters. The highest BCUT2D eigenvalue weighted by molar-refractivity contribution is 5.94. The smallest absolute Gasteiger partial charge is 0.326 e. The van der Waals surface area contributed by atoms with E-state index < -0.39 is 35.9 Å². The number of nitrogens with two attached hydrogens (primary N) is 2. The van der Waals surface area contributed by atoms with Crippen molar-refractivity contribution in [2.75, 3.05) is 19.6 Å². The first kappa shape index (κ1) is 28.7. The molecule has 2 saturated heterocycles. The van der Waals surface area contributed by atoms with E-state index in [0.717, 1.165) is 19.4 Å². The molecule has 2 aliphatic rings. The van der Waals surface area contributed by atoms with Crippen molar-refractivity contribution in [1.82, 2.24) is 20.9 Å². The van der Waals surface area contributed by atoms with Gasteiger partial charge in [-0.1, -0.05) is 12.1 Å². The van der Waals surface area contributed by atoms with Gasteiger partial charge in [0.05, 0.1) is 6.04 Å². The number of amides is 3. The van der Waals surface area contributed by atoms with Crippen LogP contribution in [0.1, 0.15) is 44.1 Å². The van der Waals surface area contributed by atoms with Crippen LogP contribution in [-0.4, -0.2) is 88.6 Å². The topological polar surface area (TPSA) is 212 Å². The molecule has 0 saturated carbocycles. The number of phenols is 1. The Hall–Kier alpha value is -3.87. The van der Waals surface area contributed by atoms with Crippen LogP contribution in [0.25, 0.3) is 0 Å². The van der Waals surface area contributed by atoms with Crippen molar-refractivity contribution >= 4 is 29.7 Å². The number of carbonyl (C=O) groups is 4. The number of nitrogens with zero attached hydrogens (tertiary/aromatic N) is 2. The van der Waals surface area contributed by atoms with Crippen molar-refractivity contribution < 1.29 is 29.4 Å². The summed E-state index contributed by atoms with van der Waals surface area (Å²) in [6.45, 7) is 1.42. The fourth-order valence-corrected chi connectivity index (χ4v) is 4.78. The number of nitrogens with one attached hydrogen (secondary N) is 3. The molecule has 0 aliphatic carbocycles. The Morgan fingerprint density at radius 3 is 2.45 bits per heavy atom. The van der Waals surface area contributed by atoms with Gasteiger partial charge in [-0.3, -0.25) is 19.4 Å². The molecule has 0 spiro atoms. The first-order valence-corrected chi connectivity index (χ1v) is 12.9. The molecule has 1 aromatic rings. The van der Waals surface area contributed by atoms with Crippen LogP contribution in [0.4, 0.5) is 0 Å². The molecule has 2 fully saturated rings. The third-order valence-electron chi connectivity index (χ3n) is 6.77. The Labute approximate surface area is 221 Å². The summed E-state index contributed by atoms with van der Waals surface area (Å²) < 4.78 is 0. The Balaban J connectivity index is 1.71. The maximum Gasteiger partial charge on any atom is 0.326 e. The number of hydrogen-bond acceptors (Lipinski definition) is 7. The van der Waals surface area contributed by atoms with E-state index in [1.807, 2.05) is 0 Å². The lowest BCUT2D eigenvalue weighted by Crippen LogP contribution is -2.57. The van der Waals surface area contributed by atoms with Crippen molar-refractivity contribution in [2.45, 2.75) is 69.1 Å². The Morgan fingerprint density at radius 1 is 1.08 bits per heavy atom. The van der Waals surface area contributed by atoms with Crippen molar-refractivity contribution in [2.24, 2.45) is 16.5 Å². The van der Waals surface area contributed by atoms with E-state index in [4.69, 9.17) is 11.5 Å². The summed E-state index contributed by atoms with van der Waals surface area (Å²) in [6.07, 6.45) is 3.21.